The third-order valence-electron chi connectivity index (χ3n) is 12.3. The maximum Gasteiger partial charge on any atom is 0.0353 e. The molecule has 270 valence electrons. The molecule has 0 fully saturated rings. The number of benzene rings is 10. The van der Waals surface area contributed by atoms with E-state index < -0.39 is 0 Å². The van der Waals surface area contributed by atoms with Gasteiger partial charge in [0.15, 0.2) is 0 Å². The summed E-state index contributed by atoms with van der Waals surface area (Å²) in [6.07, 6.45) is 8.58. The molecule has 0 saturated carbocycles. The molecule has 0 amide bonds. The second-order valence-electron chi connectivity index (χ2n) is 15.4. The third-order valence-corrected chi connectivity index (χ3v) is 12.3. The van der Waals surface area contributed by atoms with E-state index in [2.05, 4.69) is 200 Å². The largest absolute Gasteiger partial charge is 0.387 e. The van der Waals surface area contributed by atoms with Gasteiger partial charge in [-0.2, -0.15) is 0 Å². The molecule has 2 heteroatoms. The van der Waals surface area contributed by atoms with Crippen LogP contribution in [0, 0.1) is 0 Å². The van der Waals surface area contributed by atoms with Crippen molar-refractivity contribution in [2.45, 2.75) is 0 Å². The first-order chi connectivity index (χ1) is 28.8. The monoisotopic (exact) mass is 736 g/mol. The molecule has 2 nitrogen and oxygen atoms in total. The lowest BCUT2D eigenvalue weighted by Gasteiger charge is -2.19. The van der Waals surface area contributed by atoms with E-state index in [-0.39, 0.29) is 0 Å². The molecule has 0 bridgehead atoms. The molecule has 0 radical (unpaired) electrons. The minimum Gasteiger partial charge on any atom is -0.387 e. The quantitative estimate of drug-likeness (QED) is 0.182. The Morgan fingerprint density at radius 2 is 0.862 bits per heavy atom. The Hall–Kier alpha value is -7.55. The predicted octanol–water partition coefficient (Wildman–Crippen LogP) is 12.8. The molecule has 11 aromatic rings. The summed E-state index contributed by atoms with van der Waals surface area (Å²) in [6.45, 7) is 0.796. The molecule has 0 atom stereocenters. The molecule has 1 aromatic heterocycles. The van der Waals surface area contributed by atoms with Crippen LogP contribution in [0.1, 0.15) is 0 Å². The van der Waals surface area contributed by atoms with Crippen molar-refractivity contribution in [1.82, 2.24) is 10.3 Å². The van der Waals surface area contributed by atoms with Crippen LogP contribution in [0.4, 0.5) is 0 Å². The highest BCUT2D eigenvalue weighted by molar-refractivity contribution is 6.23. The van der Waals surface area contributed by atoms with Crippen LogP contribution < -0.4 is 15.8 Å². The van der Waals surface area contributed by atoms with E-state index in [4.69, 9.17) is 4.98 Å². The summed E-state index contributed by atoms with van der Waals surface area (Å²) in [6, 6.07) is 64.7. The lowest BCUT2D eigenvalue weighted by atomic mass is 9.84. The van der Waals surface area contributed by atoms with Crippen molar-refractivity contribution in [2.75, 3.05) is 6.54 Å². The van der Waals surface area contributed by atoms with Gasteiger partial charge in [0.05, 0.1) is 0 Å². The Bertz CT molecular complexity index is 3570. The first kappa shape index (κ1) is 32.7. The fourth-order valence-electron chi connectivity index (χ4n) is 9.83. The Morgan fingerprint density at radius 3 is 1.52 bits per heavy atom. The van der Waals surface area contributed by atoms with E-state index in [0.717, 1.165) is 11.9 Å². The molecule has 12 rings (SSSR count). The second kappa shape index (κ2) is 13.0. The van der Waals surface area contributed by atoms with Crippen LogP contribution in [0.2, 0.25) is 0 Å². The molecule has 1 N–H and O–H groups in total. The smallest absolute Gasteiger partial charge is 0.0353 e. The van der Waals surface area contributed by atoms with Gasteiger partial charge in [0.25, 0.3) is 0 Å². The number of pyridine rings is 1. The van der Waals surface area contributed by atoms with Crippen molar-refractivity contribution in [2.24, 2.45) is 0 Å². The van der Waals surface area contributed by atoms with Crippen LogP contribution in [0.3, 0.4) is 0 Å². The average Bonchev–Trinajstić information content (AvgIpc) is 3.29. The number of fused-ring (bicyclic) bond motifs is 7. The highest BCUT2D eigenvalue weighted by Gasteiger charge is 2.20. The summed E-state index contributed by atoms with van der Waals surface area (Å²) < 4.78 is 0. The summed E-state index contributed by atoms with van der Waals surface area (Å²) >= 11 is 0. The average molecular weight is 737 g/mol. The van der Waals surface area contributed by atoms with Crippen molar-refractivity contribution in [3.63, 3.8) is 0 Å². The van der Waals surface area contributed by atoms with E-state index >= 15 is 0 Å². The number of nitrogens with one attached hydrogen (secondary N) is 1. The summed E-state index contributed by atoms with van der Waals surface area (Å²) in [7, 11) is 0. The lowest BCUT2D eigenvalue weighted by Crippen LogP contribution is -2.36. The Balaban J connectivity index is 1.06. The highest BCUT2D eigenvalue weighted by Crippen LogP contribution is 2.45. The predicted molar refractivity (Wildman–Crippen MR) is 247 cm³/mol. The SMILES string of the molecule is C1=c2c(-c3ccc4cc(-c5c6ccccc6c(-c6cccc7ccccc67)c6ccncc56)ccc4c3)c3ccccc3c(-c3cccc4ccccc34)c2=CCN1. The number of nitrogens with zero attached hydrogens (tertiary/aromatic N) is 1. The van der Waals surface area contributed by atoms with Crippen LogP contribution in [0.15, 0.2) is 188 Å². The topological polar surface area (TPSA) is 24.9 Å². The molecule has 0 spiro atoms. The molecule has 2 heterocycles. The maximum atomic E-state index is 4.70. The molecule has 10 aromatic carbocycles. The Labute approximate surface area is 335 Å². The summed E-state index contributed by atoms with van der Waals surface area (Å²) in [4.78, 5) is 4.70. The van der Waals surface area contributed by atoms with Gasteiger partial charge in [-0.25, -0.2) is 0 Å². The Kier molecular flexibility index (Phi) is 7.33. The van der Waals surface area contributed by atoms with Crippen LogP contribution >= 0.6 is 0 Å². The zero-order valence-electron chi connectivity index (χ0n) is 31.7. The second-order valence-corrected chi connectivity index (χ2v) is 15.4. The molecular weight excluding hydrogens is 701 g/mol. The maximum absolute atomic E-state index is 4.70. The van der Waals surface area contributed by atoms with Gasteiger partial charge in [-0.1, -0.05) is 164 Å². The fourth-order valence-corrected chi connectivity index (χ4v) is 9.83. The first-order valence-corrected chi connectivity index (χ1v) is 20.1. The summed E-state index contributed by atoms with van der Waals surface area (Å²) in [5.41, 5.74) is 9.95. The molecular formula is C56H36N2. The standard InChI is InChI=1S/C56H36N2/c1-3-15-41-35(11-1)13-9-21-43(41)55-47-19-7-5-17-45(47)53(51-33-57-29-27-49(51)55)39-25-23-38-32-40(26-24-37(38)31-39)54-46-18-6-8-20-48(46)56(50-28-30-58-34-52(50)54)44-22-10-14-36-12-2-4-16-42(36)44/h1-29,31-34,58H,30H2. The van der Waals surface area contributed by atoms with E-state index in [1.807, 2.05) is 6.20 Å². The zero-order chi connectivity index (χ0) is 38.2. The zero-order valence-corrected chi connectivity index (χ0v) is 31.7. The van der Waals surface area contributed by atoms with E-state index in [1.165, 1.54) is 114 Å². The minimum atomic E-state index is 0.796. The van der Waals surface area contributed by atoms with Gasteiger partial charge in [0.2, 0.25) is 0 Å². The van der Waals surface area contributed by atoms with Crippen LogP contribution in [-0.2, 0) is 0 Å². The van der Waals surface area contributed by atoms with E-state index in [9.17, 15) is 0 Å². The minimum absolute atomic E-state index is 0.796. The molecule has 1 aliphatic heterocycles. The van der Waals surface area contributed by atoms with E-state index in [0.29, 0.717) is 0 Å². The number of hydrogen-bond donors (Lipinski definition) is 1. The third kappa shape index (κ3) is 4.95. The van der Waals surface area contributed by atoms with Crippen molar-refractivity contribution in [3.05, 3.63) is 199 Å². The normalized spacial score (nSPS) is 12.5. The van der Waals surface area contributed by atoms with Crippen LogP contribution in [-0.4, -0.2) is 11.5 Å². The van der Waals surface area contributed by atoms with E-state index in [1.54, 1.807) is 0 Å². The van der Waals surface area contributed by atoms with Crippen molar-refractivity contribution < 1.29 is 0 Å². The van der Waals surface area contributed by atoms with Gasteiger partial charge >= 0.3 is 0 Å². The van der Waals surface area contributed by atoms with Gasteiger partial charge in [0.1, 0.15) is 0 Å². The van der Waals surface area contributed by atoms with Gasteiger partial charge in [0, 0.05) is 35.7 Å². The van der Waals surface area contributed by atoms with Gasteiger partial charge in [-0.3, -0.25) is 4.98 Å². The van der Waals surface area contributed by atoms with Crippen molar-refractivity contribution >= 4 is 76.9 Å². The number of rotatable bonds is 4. The molecule has 58 heavy (non-hydrogen) atoms. The molecule has 0 unspecified atom stereocenters. The van der Waals surface area contributed by atoms with Gasteiger partial charge in [-0.15, -0.1) is 0 Å². The summed E-state index contributed by atoms with van der Waals surface area (Å²) in [5, 5.41) is 20.9. The molecule has 1 aliphatic rings. The Morgan fingerprint density at radius 1 is 0.362 bits per heavy atom. The van der Waals surface area contributed by atoms with Crippen LogP contribution in [0.5, 0.6) is 0 Å². The lowest BCUT2D eigenvalue weighted by molar-refractivity contribution is 1.06. The fraction of sp³-hybridized carbons (Fsp3) is 0.0179. The van der Waals surface area contributed by atoms with Crippen molar-refractivity contribution in [1.29, 1.82) is 0 Å². The highest BCUT2D eigenvalue weighted by atomic mass is 14.8. The van der Waals surface area contributed by atoms with Gasteiger partial charge < -0.3 is 5.32 Å². The number of aromatic nitrogens is 1. The first-order valence-electron chi connectivity index (χ1n) is 20.1. The van der Waals surface area contributed by atoms with Crippen LogP contribution in [0.25, 0.3) is 121 Å². The van der Waals surface area contributed by atoms with Gasteiger partial charge in [-0.05, 0) is 127 Å². The van der Waals surface area contributed by atoms with Crippen molar-refractivity contribution in [3.8, 4) is 44.5 Å². The summed E-state index contributed by atoms with van der Waals surface area (Å²) in [5.74, 6) is 0. The number of hydrogen-bond acceptors (Lipinski definition) is 2. The molecule has 0 aliphatic carbocycles. The molecule has 0 saturated heterocycles.